The molecule has 0 aliphatic rings. The standard InChI is InChI=1S/C14H20Cl6O4/c15-7-3-1-5-9(17)11(19)13(21)23-24-14(22)12(20)10(18)6-2-4-8-16/h9-12H,1-8H2. The lowest BCUT2D eigenvalue weighted by Crippen LogP contribution is -2.32. The summed E-state index contributed by atoms with van der Waals surface area (Å²) in [6, 6.07) is 0. The molecular formula is C14H20Cl6O4. The minimum atomic E-state index is -1.15. The van der Waals surface area contributed by atoms with Crippen LogP contribution in [0.5, 0.6) is 0 Å². The summed E-state index contributed by atoms with van der Waals surface area (Å²) in [6.45, 7) is 0. The second kappa shape index (κ2) is 14.8. The van der Waals surface area contributed by atoms with Crippen molar-refractivity contribution < 1.29 is 19.4 Å². The largest absolute Gasteiger partial charge is 0.374 e. The molecule has 142 valence electrons. The first-order chi connectivity index (χ1) is 11.3. The first-order valence-electron chi connectivity index (χ1n) is 7.45. The Balaban J connectivity index is 4.16. The van der Waals surface area contributed by atoms with E-state index in [-0.39, 0.29) is 0 Å². The maximum absolute atomic E-state index is 11.7. The van der Waals surface area contributed by atoms with Crippen LogP contribution in [0.1, 0.15) is 38.5 Å². The van der Waals surface area contributed by atoms with Crippen LogP contribution in [0.15, 0.2) is 0 Å². The van der Waals surface area contributed by atoms with Crippen molar-refractivity contribution in [2.24, 2.45) is 0 Å². The van der Waals surface area contributed by atoms with Crippen molar-refractivity contribution in [3.63, 3.8) is 0 Å². The predicted octanol–water partition coefficient (Wildman–Crippen LogP) is 5.24. The zero-order chi connectivity index (χ0) is 18.5. The highest BCUT2D eigenvalue weighted by atomic mass is 35.5. The Labute approximate surface area is 172 Å². The lowest BCUT2D eigenvalue weighted by atomic mass is 10.1. The molecule has 4 atom stereocenters. The highest BCUT2D eigenvalue weighted by Crippen LogP contribution is 2.20. The zero-order valence-corrected chi connectivity index (χ0v) is 17.4. The normalized spacial score (nSPS) is 16.1. The minimum absolute atomic E-state index is 0.480. The van der Waals surface area contributed by atoms with Crippen molar-refractivity contribution in [3.05, 3.63) is 0 Å². The molecule has 0 fully saturated rings. The average molecular weight is 465 g/mol. The van der Waals surface area contributed by atoms with Gasteiger partial charge in [-0.05, 0) is 25.7 Å². The smallest absolute Gasteiger partial charge is 0.246 e. The SMILES string of the molecule is O=C(OOC(=O)C(Cl)C(Cl)CCCCCl)C(Cl)C(Cl)CCCCCl. The molecule has 0 saturated carbocycles. The molecule has 0 radical (unpaired) electrons. The molecule has 4 nitrogen and oxygen atoms in total. The van der Waals surface area contributed by atoms with Gasteiger partial charge in [-0.1, -0.05) is 12.8 Å². The van der Waals surface area contributed by atoms with E-state index in [4.69, 9.17) is 69.6 Å². The van der Waals surface area contributed by atoms with Crippen LogP contribution in [0, 0.1) is 0 Å². The van der Waals surface area contributed by atoms with E-state index in [2.05, 4.69) is 9.78 Å². The third-order valence-electron chi connectivity index (χ3n) is 3.02. The maximum Gasteiger partial charge on any atom is 0.374 e. The molecule has 0 aliphatic carbocycles. The number of halogens is 6. The van der Waals surface area contributed by atoms with Gasteiger partial charge < -0.3 is 0 Å². The Hall–Kier alpha value is 0.680. The average Bonchev–Trinajstić information content (AvgIpc) is 2.58. The van der Waals surface area contributed by atoms with Gasteiger partial charge in [0.05, 0.1) is 10.8 Å². The molecule has 10 heteroatoms. The van der Waals surface area contributed by atoms with E-state index in [0.29, 0.717) is 37.4 Å². The molecule has 0 heterocycles. The zero-order valence-electron chi connectivity index (χ0n) is 12.9. The first-order valence-corrected chi connectivity index (χ1v) is 10.3. The fraction of sp³-hybridized carbons (Fsp3) is 0.857. The van der Waals surface area contributed by atoms with E-state index in [1.54, 1.807) is 0 Å². The van der Waals surface area contributed by atoms with Crippen molar-refractivity contribution in [3.8, 4) is 0 Å². The number of rotatable bonds is 12. The van der Waals surface area contributed by atoms with E-state index < -0.39 is 33.4 Å². The second-order valence-electron chi connectivity index (χ2n) is 5.01. The van der Waals surface area contributed by atoms with Crippen LogP contribution in [-0.4, -0.2) is 45.2 Å². The molecule has 0 spiro atoms. The van der Waals surface area contributed by atoms with Gasteiger partial charge in [-0.25, -0.2) is 19.4 Å². The van der Waals surface area contributed by atoms with Gasteiger partial charge in [0, 0.05) is 11.8 Å². The summed E-state index contributed by atoms with van der Waals surface area (Å²) in [4.78, 5) is 32.2. The topological polar surface area (TPSA) is 52.6 Å². The van der Waals surface area contributed by atoms with Crippen molar-refractivity contribution >= 4 is 81.5 Å². The lowest BCUT2D eigenvalue weighted by Gasteiger charge is -2.16. The van der Waals surface area contributed by atoms with Crippen molar-refractivity contribution in [2.45, 2.75) is 60.0 Å². The van der Waals surface area contributed by atoms with E-state index in [0.717, 1.165) is 12.8 Å². The van der Waals surface area contributed by atoms with Crippen LogP contribution < -0.4 is 0 Å². The number of unbranched alkanes of at least 4 members (excludes halogenated alkanes) is 2. The van der Waals surface area contributed by atoms with Crippen LogP contribution in [-0.2, 0) is 19.4 Å². The van der Waals surface area contributed by atoms with Gasteiger partial charge in [-0.15, -0.1) is 69.6 Å². The molecular weight excluding hydrogens is 445 g/mol. The van der Waals surface area contributed by atoms with Crippen LogP contribution in [0.25, 0.3) is 0 Å². The second-order valence-corrected chi connectivity index (χ2v) is 7.83. The summed E-state index contributed by atoms with van der Waals surface area (Å²) in [5, 5.41) is -3.63. The number of hydrogen-bond acceptors (Lipinski definition) is 4. The van der Waals surface area contributed by atoms with Crippen molar-refractivity contribution in [2.75, 3.05) is 11.8 Å². The third-order valence-corrected chi connectivity index (χ3v) is 5.72. The van der Waals surface area contributed by atoms with Crippen LogP contribution in [0.2, 0.25) is 0 Å². The summed E-state index contributed by atoms with van der Waals surface area (Å²) in [5.74, 6) is -0.929. The Morgan fingerprint density at radius 3 is 1.29 bits per heavy atom. The molecule has 0 aliphatic heterocycles. The molecule has 0 rings (SSSR count). The fourth-order valence-corrected chi connectivity index (χ4v) is 2.85. The summed E-state index contributed by atoms with van der Waals surface area (Å²) >= 11 is 34.8. The van der Waals surface area contributed by atoms with Gasteiger partial charge in [0.2, 0.25) is 0 Å². The highest BCUT2D eigenvalue weighted by molar-refractivity contribution is 6.37. The molecule has 0 N–H and O–H groups in total. The molecule has 4 unspecified atom stereocenters. The fourth-order valence-electron chi connectivity index (χ4n) is 1.63. The van der Waals surface area contributed by atoms with Gasteiger partial charge in [0.1, 0.15) is 0 Å². The van der Waals surface area contributed by atoms with Gasteiger partial charge in [0.15, 0.2) is 10.8 Å². The summed E-state index contributed by atoms with van der Waals surface area (Å²) in [5.41, 5.74) is 0. The highest BCUT2D eigenvalue weighted by Gasteiger charge is 2.31. The Morgan fingerprint density at radius 1 is 0.667 bits per heavy atom. The molecule has 0 aromatic carbocycles. The molecule has 0 aromatic heterocycles. The number of carbonyl (C=O) groups is 2. The molecule has 24 heavy (non-hydrogen) atoms. The summed E-state index contributed by atoms with van der Waals surface area (Å²) < 4.78 is 0. The monoisotopic (exact) mass is 462 g/mol. The molecule has 0 aromatic rings. The van der Waals surface area contributed by atoms with Gasteiger partial charge in [0.25, 0.3) is 0 Å². The number of alkyl halides is 6. The Morgan fingerprint density at radius 2 is 1.00 bits per heavy atom. The summed E-state index contributed by atoms with van der Waals surface area (Å²) in [6.07, 6.45) is 3.91. The van der Waals surface area contributed by atoms with Crippen molar-refractivity contribution in [1.82, 2.24) is 0 Å². The summed E-state index contributed by atoms with van der Waals surface area (Å²) in [7, 11) is 0. The molecule has 0 bridgehead atoms. The quantitative estimate of drug-likeness (QED) is 0.171. The maximum atomic E-state index is 11.7. The van der Waals surface area contributed by atoms with E-state index >= 15 is 0 Å². The Kier molecular flexibility index (Phi) is 15.2. The number of carbonyl (C=O) groups excluding carboxylic acids is 2. The van der Waals surface area contributed by atoms with Crippen LogP contribution >= 0.6 is 69.6 Å². The predicted molar refractivity (Wildman–Crippen MR) is 99.9 cm³/mol. The third kappa shape index (κ3) is 10.6. The van der Waals surface area contributed by atoms with E-state index in [1.165, 1.54) is 0 Å². The van der Waals surface area contributed by atoms with Crippen LogP contribution in [0.3, 0.4) is 0 Å². The van der Waals surface area contributed by atoms with Gasteiger partial charge >= 0.3 is 11.9 Å². The van der Waals surface area contributed by atoms with Crippen LogP contribution in [0.4, 0.5) is 0 Å². The van der Waals surface area contributed by atoms with Crippen molar-refractivity contribution in [1.29, 1.82) is 0 Å². The van der Waals surface area contributed by atoms with E-state index in [9.17, 15) is 9.59 Å². The van der Waals surface area contributed by atoms with E-state index in [1.807, 2.05) is 0 Å². The Bertz CT molecular complexity index is 337. The molecule has 0 saturated heterocycles. The van der Waals surface area contributed by atoms with Gasteiger partial charge in [-0.2, -0.15) is 0 Å². The lowest BCUT2D eigenvalue weighted by molar-refractivity contribution is -0.258. The van der Waals surface area contributed by atoms with Gasteiger partial charge in [-0.3, -0.25) is 0 Å². The minimum Gasteiger partial charge on any atom is -0.246 e. The molecule has 0 amide bonds. The number of hydrogen-bond donors (Lipinski definition) is 0. The first kappa shape index (κ1) is 24.7.